The minimum Gasteiger partial charge on any atom is -0.496 e. The molecular formula is C17H18BrN3O3. The second-order valence-corrected chi connectivity index (χ2v) is 5.96. The van der Waals surface area contributed by atoms with Crippen LogP contribution in [0.15, 0.2) is 41.0 Å². The Hall–Kier alpha value is -2.41. The van der Waals surface area contributed by atoms with E-state index >= 15 is 0 Å². The Labute approximate surface area is 148 Å². The fourth-order valence-electron chi connectivity index (χ4n) is 2.01. The van der Waals surface area contributed by atoms with Gasteiger partial charge >= 0.3 is 0 Å². The van der Waals surface area contributed by atoms with Gasteiger partial charge in [0.2, 0.25) is 0 Å². The fraction of sp³-hybridized carbons (Fsp3) is 0.235. The Morgan fingerprint density at radius 2 is 1.83 bits per heavy atom. The van der Waals surface area contributed by atoms with Crippen LogP contribution in [0.2, 0.25) is 0 Å². The summed E-state index contributed by atoms with van der Waals surface area (Å²) in [6, 6.07) is 8.68. The van der Waals surface area contributed by atoms with Crippen LogP contribution < -0.4 is 15.4 Å². The molecular weight excluding hydrogens is 374 g/mol. The first-order chi connectivity index (χ1) is 11.5. The van der Waals surface area contributed by atoms with Crippen molar-refractivity contribution in [2.24, 2.45) is 0 Å². The topological polar surface area (TPSA) is 80.3 Å². The van der Waals surface area contributed by atoms with Gasteiger partial charge in [-0.15, -0.1) is 0 Å². The molecule has 2 aromatic rings. The lowest BCUT2D eigenvalue weighted by Crippen LogP contribution is -2.34. The van der Waals surface area contributed by atoms with Crippen molar-refractivity contribution in [1.82, 2.24) is 15.6 Å². The Morgan fingerprint density at radius 3 is 2.46 bits per heavy atom. The van der Waals surface area contributed by atoms with Crippen LogP contribution in [0, 0.1) is 6.92 Å². The molecule has 0 aliphatic rings. The summed E-state index contributed by atoms with van der Waals surface area (Å²) in [5.74, 6) is 0.00153. The normalized spacial score (nSPS) is 10.1. The number of hydrogen-bond donors (Lipinski definition) is 2. The van der Waals surface area contributed by atoms with E-state index in [1.165, 1.54) is 13.3 Å². The number of aromatic nitrogens is 1. The molecule has 0 spiro atoms. The van der Waals surface area contributed by atoms with Crippen LogP contribution in [0.1, 0.15) is 26.4 Å². The number of rotatable bonds is 6. The van der Waals surface area contributed by atoms with Crippen molar-refractivity contribution < 1.29 is 14.3 Å². The van der Waals surface area contributed by atoms with E-state index in [1.54, 1.807) is 30.3 Å². The highest BCUT2D eigenvalue weighted by Gasteiger charge is 2.12. The molecule has 2 amide bonds. The number of ether oxygens (including phenoxy) is 1. The van der Waals surface area contributed by atoms with Crippen molar-refractivity contribution in [3.8, 4) is 5.75 Å². The first-order valence-corrected chi connectivity index (χ1v) is 8.13. The average Bonchev–Trinajstić information content (AvgIpc) is 2.58. The predicted molar refractivity (Wildman–Crippen MR) is 94.3 cm³/mol. The maximum Gasteiger partial charge on any atom is 0.255 e. The number of benzene rings is 1. The van der Waals surface area contributed by atoms with E-state index in [-0.39, 0.29) is 11.8 Å². The molecule has 126 valence electrons. The van der Waals surface area contributed by atoms with Crippen LogP contribution >= 0.6 is 15.9 Å². The third-order valence-corrected chi connectivity index (χ3v) is 3.77. The van der Waals surface area contributed by atoms with Gasteiger partial charge in [0.15, 0.2) is 0 Å². The van der Waals surface area contributed by atoms with Gasteiger partial charge in [-0.25, -0.2) is 0 Å². The quantitative estimate of drug-likeness (QED) is 0.740. The number of amides is 2. The van der Waals surface area contributed by atoms with E-state index in [4.69, 9.17) is 4.74 Å². The Morgan fingerprint density at radius 1 is 1.12 bits per heavy atom. The fourth-order valence-corrected chi connectivity index (χ4v) is 2.37. The molecule has 0 atom stereocenters. The molecule has 0 aliphatic carbocycles. The Kier molecular flexibility index (Phi) is 6.31. The van der Waals surface area contributed by atoms with Crippen LogP contribution in [-0.2, 0) is 0 Å². The van der Waals surface area contributed by atoms with Gasteiger partial charge in [0, 0.05) is 29.5 Å². The van der Waals surface area contributed by atoms with Gasteiger partial charge in [-0.05, 0) is 37.3 Å². The minimum atomic E-state index is -0.264. The molecule has 0 saturated carbocycles. The van der Waals surface area contributed by atoms with E-state index in [0.29, 0.717) is 30.0 Å². The number of methoxy groups -OCH3 is 1. The molecule has 1 heterocycles. The molecule has 0 saturated heterocycles. The number of carbonyl (C=O) groups is 2. The molecule has 0 fully saturated rings. The molecule has 2 N–H and O–H groups in total. The van der Waals surface area contributed by atoms with Gasteiger partial charge in [-0.3, -0.25) is 14.6 Å². The SMILES string of the molecule is COc1ccc(Br)cc1C(=O)NCCNC(=O)c1ccc(C)nc1. The van der Waals surface area contributed by atoms with Crippen molar-refractivity contribution in [2.75, 3.05) is 20.2 Å². The zero-order valence-electron chi connectivity index (χ0n) is 13.4. The van der Waals surface area contributed by atoms with E-state index in [1.807, 2.05) is 6.92 Å². The number of nitrogens with one attached hydrogen (secondary N) is 2. The molecule has 0 radical (unpaired) electrons. The first-order valence-electron chi connectivity index (χ1n) is 7.34. The highest BCUT2D eigenvalue weighted by molar-refractivity contribution is 9.10. The van der Waals surface area contributed by atoms with Gasteiger partial charge in [-0.1, -0.05) is 15.9 Å². The van der Waals surface area contributed by atoms with Crippen LogP contribution in [0.5, 0.6) is 5.75 Å². The highest BCUT2D eigenvalue weighted by atomic mass is 79.9. The van der Waals surface area contributed by atoms with Gasteiger partial charge in [0.25, 0.3) is 11.8 Å². The summed E-state index contributed by atoms with van der Waals surface area (Å²) < 4.78 is 5.96. The summed E-state index contributed by atoms with van der Waals surface area (Å²) >= 11 is 3.33. The first kappa shape index (κ1) is 17.9. The summed E-state index contributed by atoms with van der Waals surface area (Å²) in [7, 11) is 1.51. The monoisotopic (exact) mass is 391 g/mol. The predicted octanol–water partition coefficient (Wildman–Crippen LogP) is 2.32. The second kappa shape index (κ2) is 8.44. The van der Waals surface area contributed by atoms with Gasteiger partial charge < -0.3 is 15.4 Å². The lowest BCUT2D eigenvalue weighted by molar-refractivity contribution is 0.0925. The van der Waals surface area contributed by atoms with Crippen molar-refractivity contribution in [3.63, 3.8) is 0 Å². The minimum absolute atomic E-state index is 0.225. The summed E-state index contributed by atoms with van der Waals surface area (Å²) in [6.45, 7) is 2.47. The molecule has 1 aromatic heterocycles. The summed E-state index contributed by atoms with van der Waals surface area (Å²) in [5, 5.41) is 5.48. The molecule has 0 aliphatic heterocycles. The van der Waals surface area contributed by atoms with Crippen LogP contribution in [0.3, 0.4) is 0 Å². The van der Waals surface area contributed by atoms with Crippen molar-refractivity contribution >= 4 is 27.7 Å². The molecule has 2 rings (SSSR count). The van der Waals surface area contributed by atoms with E-state index in [2.05, 4.69) is 31.5 Å². The average molecular weight is 392 g/mol. The lowest BCUT2D eigenvalue weighted by Gasteiger charge is -2.10. The molecule has 1 aromatic carbocycles. The standard InChI is InChI=1S/C17H18BrN3O3/c1-11-3-4-12(10-21-11)16(22)19-7-8-20-17(23)14-9-13(18)5-6-15(14)24-2/h3-6,9-10H,7-8H2,1-2H3,(H,19,22)(H,20,23). The summed E-state index contributed by atoms with van der Waals surface area (Å²) in [6.07, 6.45) is 1.52. The largest absolute Gasteiger partial charge is 0.496 e. The molecule has 6 nitrogen and oxygen atoms in total. The Bertz CT molecular complexity index is 732. The van der Waals surface area contributed by atoms with Gasteiger partial charge in [0.1, 0.15) is 5.75 Å². The van der Waals surface area contributed by atoms with E-state index < -0.39 is 0 Å². The highest BCUT2D eigenvalue weighted by Crippen LogP contribution is 2.22. The second-order valence-electron chi connectivity index (χ2n) is 5.04. The van der Waals surface area contributed by atoms with Crippen molar-refractivity contribution in [1.29, 1.82) is 0 Å². The number of carbonyl (C=O) groups excluding carboxylic acids is 2. The van der Waals surface area contributed by atoms with Gasteiger partial charge in [0.05, 0.1) is 18.2 Å². The molecule has 0 bridgehead atoms. The van der Waals surface area contributed by atoms with Crippen LogP contribution in [0.4, 0.5) is 0 Å². The number of nitrogens with zero attached hydrogens (tertiary/aromatic N) is 1. The number of halogens is 1. The molecule has 0 unspecified atom stereocenters. The number of hydrogen-bond acceptors (Lipinski definition) is 4. The lowest BCUT2D eigenvalue weighted by atomic mass is 10.2. The number of aryl methyl sites for hydroxylation is 1. The van der Waals surface area contributed by atoms with Crippen LogP contribution in [-0.4, -0.2) is 37.0 Å². The van der Waals surface area contributed by atoms with Crippen LogP contribution in [0.25, 0.3) is 0 Å². The van der Waals surface area contributed by atoms with E-state index in [9.17, 15) is 9.59 Å². The summed E-state index contributed by atoms with van der Waals surface area (Å²) in [5.41, 5.74) is 1.77. The summed E-state index contributed by atoms with van der Waals surface area (Å²) in [4.78, 5) is 28.2. The zero-order valence-corrected chi connectivity index (χ0v) is 15.0. The Balaban J connectivity index is 1.84. The number of pyridine rings is 1. The maximum absolute atomic E-state index is 12.2. The molecule has 7 heteroatoms. The van der Waals surface area contributed by atoms with Gasteiger partial charge in [-0.2, -0.15) is 0 Å². The van der Waals surface area contributed by atoms with E-state index in [0.717, 1.165) is 10.2 Å². The zero-order chi connectivity index (χ0) is 17.5. The third kappa shape index (κ3) is 4.79. The van der Waals surface area contributed by atoms with Crippen molar-refractivity contribution in [2.45, 2.75) is 6.92 Å². The maximum atomic E-state index is 12.2. The smallest absolute Gasteiger partial charge is 0.255 e. The van der Waals surface area contributed by atoms with Crippen molar-refractivity contribution in [3.05, 3.63) is 57.8 Å². The third-order valence-electron chi connectivity index (χ3n) is 3.28. The molecule has 24 heavy (non-hydrogen) atoms.